The zero-order chi connectivity index (χ0) is 11.5. The van der Waals surface area contributed by atoms with E-state index in [9.17, 15) is 9.18 Å². The number of carbonyl (C=O) groups excluding carboxylic acids is 1. The van der Waals surface area contributed by atoms with Crippen LogP contribution >= 0.6 is 11.3 Å². The number of aromatic nitrogens is 1. The smallest absolute Gasteiger partial charge is 0.219 e. The van der Waals surface area contributed by atoms with E-state index in [2.05, 4.69) is 10.3 Å². The SMILES string of the molecule is NC(=O)CCNc1nc2cc(F)ccc2s1. The van der Waals surface area contributed by atoms with Gasteiger partial charge >= 0.3 is 0 Å². The van der Waals surface area contributed by atoms with Crippen molar-refractivity contribution in [1.82, 2.24) is 4.98 Å². The van der Waals surface area contributed by atoms with Crippen molar-refractivity contribution in [3.63, 3.8) is 0 Å². The molecule has 0 bridgehead atoms. The predicted octanol–water partition coefficient (Wildman–Crippen LogP) is 1.72. The number of thiazole rings is 1. The van der Waals surface area contributed by atoms with Crippen LogP contribution in [0.25, 0.3) is 10.2 Å². The number of nitrogens with zero attached hydrogens (tertiary/aromatic N) is 1. The van der Waals surface area contributed by atoms with E-state index >= 15 is 0 Å². The van der Waals surface area contributed by atoms with Crippen LogP contribution in [0, 0.1) is 5.82 Å². The predicted molar refractivity (Wildman–Crippen MR) is 61.9 cm³/mol. The van der Waals surface area contributed by atoms with E-state index < -0.39 is 0 Å². The summed E-state index contributed by atoms with van der Waals surface area (Å²) in [4.78, 5) is 14.7. The van der Waals surface area contributed by atoms with Gasteiger partial charge in [0.15, 0.2) is 5.13 Å². The van der Waals surface area contributed by atoms with Crippen molar-refractivity contribution >= 4 is 32.6 Å². The summed E-state index contributed by atoms with van der Waals surface area (Å²) in [5.41, 5.74) is 5.62. The third-order valence-corrected chi connectivity index (χ3v) is 2.99. The molecule has 1 amide bonds. The van der Waals surface area contributed by atoms with Crippen molar-refractivity contribution in [2.75, 3.05) is 11.9 Å². The minimum atomic E-state index is -0.361. The summed E-state index contributed by atoms with van der Waals surface area (Å²) in [6, 6.07) is 4.46. The van der Waals surface area contributed by atoms with Gasteiger partial charge in [0.1, 0.15) is 5.82 Å². The maximum atomic E-state index is 12.9. The van der Waals surface area contributed by atoms with Crippen LogP contribution in [0.15, 0.2) is 18.2 Å². The van der Waals surface area contributed by atoms with E-state index in [0.717, 1.165) is 4.70 Å². The van der Waals surface area contributed by atoms with E-state index in [1.807, 2.05) is 0 Å². The number of hydrogen-bond acceptors (Lipinski definition) is 4. The summed E-state index contributed by atoms with van der Waals surface area (Å²) in [5.74, 6) is -0.666. The number of fused-ring (bicyclic) bond motifs is 1. The molecule has 84 valence electrons. The Labute approximate surface area is 95.3 Å². The maximum absolute atomic E-state index is 12.9. The second-order valence-electron chi connectivity index (χ2n) is 3.27. The molecule has 2 aromatic rings. The number of hydrogen-bond donors (Lipinski definition) is 2. The molecule has 0 aliphatic heterocycles. The second kappa shape index (κ2) is 4.44. The summed E-state index contributed by atoms with van der Waals surface area (Å²) in [6.45, 7) is 0.442. The lowest BCUT2D eigenvalue weighted by molar-refractivity contribution is -0.117. The van der Waals surface area contributed by atoms with Gasteiger partial charge in [-0.15, -0.1) is 0 Å². The van der Waals surface area contributed by atoms with Gasteiger partial charge < -0.3 is 11.1 Å². The number of carbonyl (C=O) groups is 1. The topological polar surface area (TPSA) is 68.0 Å². The Morgan fingerprint density at radius 2 is 2.38 bits per heavy atom. The first-order valence-electron chi connectivity index (χ1n) is 4.73. The molecule has 16 heavy (non-hydrogen) atoms. The van der Waals surface area contributed by atoms with Gasteiger partial charge in [0.25, 0.3) is 0 Å². The van der Waals surface area contributed by atoms with Crippen LogP contribution in [-0.4, -0.2) is 17.4 Å². The number of benzene rings is 1. The Balaban J connectivity index is 2.10. The molecule has 2 rings (SSSR count). The van der Waals surface area contributed by atoms with Gasteiger partial charge in [-0.3, -0.25) is 4.79 Å². The van der Waals surface area contributed by atoms with Gasteiger partial charge in [-0.05, 0) is 12.1 Å². The van der Waals surface area contributed by atoms with E-state index in [-0.39, 0.29) is 18.1 Å². The molecule has 6 heteroatoms. The molecule has 0 saturated heterocycles. The van der Waals surface area contributed by atoms with Crippen LogP contribution in [0.1, 0.15) is 6.42 Å². The Morgan fingerprint density at radius 1 is 1.56 bits per heavy atom. The molecule has 0 fully saturated rings. The zero-order valence-corrected chi connectivity index (χ0v) is 9.18. The minimum absolute atomic E-state index is 0.254. The van der Waals surface area contributed by atoms with Crippen LogP contribution in [0.4, 0.5) is 9.52 Å². The van der Waals surface area contributed by atoms with Crippen LogP contribution < -0.4 is 11.1 Å². The average Bonchev–Trinajstić information content (AvgIpc) is 2.58. The van der Waals surface area contributed by atoms with Gasteiger partial charge in [0.2, 0.25) is 5.91 Å². The Bertz CT molecular complexity index is 526. The number of halogens is 1. The molecule has 1 aromatic heterocycles. The fourth-order valence-corrected chi connectivity index (χ4v) is 2.14. The van der Waals surface area contributed by atoms with Crippen molar-refractivity contribution in [3.05, 3.63) is 24.0 Å². The van der Waals surface area contributed by atoms with Gasteiger partial charge in [-0.25, -0.2) is 9.37 Å². The van der Waals surface area contributed by atoms with E-state index in [1.165, 1.54) is 23.5 Å². The second-order valence-corrected chi connectivity index (χ2v) is 4.30. The van der Waals surface area contributed by atoms with Crippen molar-refractivity contribution in [3.8, 4) is 0 Å². The Morgan fingerprint density at radius 3 is 3.12 bits per heavy atom. The normalized spacial score (nSPS) is 10.6. The highest BCUT2D eigenvalue weighted by Gasteiger charge is 2.04. The summed E-state index contributed by atoms with van der Waals surface area (Å²) in [5, 5.41) is 3.64. The molecule has 3 N–H and O–H groups in total. The average molecular weight is 239 g/mol. The molecule has 4 nitrogen and oxygen atoms in total. The Kier molecular flexibility index (Phi) is 3.00. The molecule has 0 saturated carbocycles. The number of amides is 1. The number of nitrogens with two attached hydrogens (primary N) is 1. The quantitative estimate of drug-likeness (QED) is 0.853. The first kappa shape index (κ1) is 10.8. The highest BCUT2D eigenvalue weighted by atomic mass is 32.1. The molecular formula is C10H10FN3OS. The Hall–Kier alpha value is -1.69. The van der Waals surface area contributed by atoms with Crippen molar-refractivity contribution in [2.45, 2.75) is 6.42 Å². The largest absolute Gasteiger partial charge is 0.370 e. The molecule has 0 radical (unpaired) electrons. The lowest BCUT2D eigenvalue weighted by Crippen LogP contribution is -2.15. The van der Waals surface area contributed by atoms with Crippen molar-refractivity contribution in [1.29, 1.82) is 0 Å². The fourth-order valence-electron chi connectivity index (χ4n) is 1.27. The first-order valence-corrected chi connectivity index (χ1v) is 5.55. The van der Waals surface area contributed by atoms with Gasteiger partial charge in [0, 0.05) is 19.0 Å². The molecule has 0 atom stereocenters. The van der Waals surface area contributed by atoms with E-state index in [4.69, 9.17) is 5.73 Å². The molecule has 0 unspecified atom stereocenters. The van der Waals surface area contributed by atoms with Crippen LogP contribution in [0.5, 0.6) is 0 Å². The van der Waals surface area contributed by atoms with Crippen molar-refractivity contribution < 1.29 is 9.18 Å². The molecule has 0 aliphatic carbocycles. The number of rotatable bonds is 4. The first-order chi connectivity index (χ1) is 7.65. The fraction of sp³-hybridized carbons (Fsp3) is 0.200. The summed E-state index contributed by atoms with van der Waals surface area (Å²) < 4.78 is 13.8. The molecule has 1 aromatic carbocycles. The third kappa shape index (κ3) is 2.46. The number of anilines is 1. The molecule has 0 spiro atoms. The van der Waals surface area contributed by atoms with E-state index in [1.54, 1.807) is 6.07 Å². The van der Waals surface area contributed by atoms with E-state index in [0.29, 0.717) is 17.2 Å². The highest BCUT2D eigenvalue weighted by Crippen LogP contribution is 2.26. The van der Waals surface area contributed by atoms with Crippen molar-refractivity contribution in [2.24, 2.45) is 5.73 Å². The van der Waals surface area contributed by atoms with Crippen LogP contribution in [-0.2, 0) is 4.79 Å². The molecular weight excluding hydrogens is 229 g/mol. The summed E-state index contributed by atoms with van der Waals surface area (Å²) >= 11 is 1.42. The van der Waals surface area contributed by atoms with Crippen LogP contribution in [0.3, 0.4) is 0 Å². The summed E-state index contributed by atoms with van der Waals surface area (Å²) in [6.07, 6.45) is 0.254. The third-order valence-electron chi connectivity index (χ3n) is 2.00. The maximum Gasteiger partial charge on any atom is 0.219 e. The van der Waals surface area contributed by atoms with Crippen LogP contribution in [0.2, 0.25) is 0 Å². The molecule has 1 heterocycles. The molecule has 0 aliphatic rings. The standard InChI is InChI=1S/C10H10FN3OS/c11-6-1-2-8-7(5-6)14-10(16-8)13-4-3-9(12)15/h1-2,5H,3-4H2,(H2,12,15)(H,13,14). The summed E-state index contributed by atoms with van der Waals surface area (Å²) in [7, 11) is 0. The van der Waals surface area contributed by atoms with Gasteiger partial charge in [-0.1, -0.05) is 11.3 Å². The zero-order valence-electron chi connectivity index (χ0n) is 8.37. The van der Waals surface area contributed by atoms with Gasteiger partial charge in [0.05, 0.1) is 10.2 Å². The highest BCUT2D eigenvalue weighted by molar-refractivity contribution is 7.22. The lowest BCUT2D eigenvalue weighted by Gasteiger charge is -1.97. The minimum Gasteiger partial charge on any atom is -0.370 e. The lowest BCUT2D eigenvalue weighted by atomic mass is 10.3. The number of primary amides is 1. The monoisotopic (exact) mass is 239 g/mol. The number of nitrogens with one attached hydrogen (secondary N) is 1. The van der Waals surface area contributed by atoms with Gasteiger partial charge in [-0.2, -0.15) is 0 Å².